The summed E-state index contributed by atoms with van der Waals surface area (Å²) in [4.78, 5) is 2.45. The van der Waals surface area contributed by atoms with Crippen LogP contribution >= 0.6 is 0 Å². The normalized spacial score (nSPS) is 20.0. The summed E-state index contributed by atoms with van der Waals surface area (Å²) in [6.07, 6.45) is 4.20. The molecule has 1 nitrogen and oxygen atoms in total. The molecule has 0 bridgehead atoms. The van der Waals surface area contributed by atoms with Crippen molar-refractivity contribution >= 4 is 0 Å². The van der Waals surface area contributed by atoms with Crippen LogP contribution in [0.15, 0.2) is 42.5 Å². The Morgan fingerprint density at radius 2 is 1.48 bits per heavy atom. The topological polar surface area (TPSA) is 3.24 Å². The van der Waals surface area contributed by atoms with E-state index in [4.69, 9.17) is 0 Å². The molecule has 0 spiro atoms. The van der Waals surface area contributed by atoms with Gasteiger partial charge in [0.1, 0.15) is 5.82 Å². The van der Waals surface area contributed by atoms with E-state index >= 15 is 4.39 Å². The van der Waals surface area contributed by atoms with Crippen molar-refractivity contribution in [2.45, 2.75) is 77.3 Å². The standard InChI is InChI=1S/C25H34FN/c1-7-8-18-9-11-19(12-10-18)20-13-14-22(23(26)15-20)21-16-24(2,3)27(6)25(4,5)17-21/h9-15,21H,7-8,16-17H2,1-6H3. The van der Waals surface area contributed by atoms with E-state index in [0.717, 1.165) is 42.4 Å². The van der Waals surface area contributed by atoms with Crippen LogP contribution in [0.2, 0.25) is 0 Å². The zero-order chi connectivity index (χ0) is 19.8. The lowest BCUT2D eigenvalue weighted by Gasteiger charge is -2.54. The molecule has 1 heterocycles. The highest BCUT2D eigenvalue weighted by Gasteiger charge is 2.43. The molecular weight excluding hydrogens is 333 g/mol. The number of rotatable bonds is 4. The number of halogens is 1. The quantitative estimate of drug-likeness (QED) is 0.573. The van der Waals surface area contributed by atoms with Gasteiger partial charge in [-0.1, -0.05) is 49.7 Å². The van der Waals surface area contributed by atoms with Crippen LogP contribution < -0.4 is 0 Å². The Balaban J connectivity index is 1.86. The van der Waals surface area contributed by atoms with Crippen molar-refractivity contribution < 1.29 is 4.39 Å². The second-order valence-electron chi connectivity index (χ2n) is 9.47. The molecule has 0 unspecified atom stereocenters. The predicted molar refractivity (Wildman–Crippen MR) is 114 cm³/mol. The third-order valence-corrected chi connectivity index (χ3v) is 6.57. The predicted octanol–water partition coefficient (Wildman–Crippen LogP) is 6.81. The summed E-state index contributed by atoms with van der Waals surface area (Å²) in [6.45, 7) is 11.3. The second-order valence-corrected chi connectivity index (χ2v) is 9.47. The minimum absolute atomic E-state index is 0.0621. The minimum atomic E-state index is -0.0636. The van der Waals surface area contributed by atoms with Gasteiger partial charge in [0.15, 0.2) is 0 Å². The monoisotopic (exact) mass is 367 g/mol. The molecule has 2 heteroatoms. The molecule has 1 aliphatic rings. The molecule has 0 atom stereocenters. The highest BCUT2D eigenvalue weighted by atomic mass is 19.1. The van der Waals surface area contributed by atoms with E-state index in [-0.39, 0.29) is 22.8 Å². The van der Waals surface area contributed by atoms with E-state index in [1.165, 1.54) is 5.56 Å². The smallest absolute Gasteiger partial charge is 0.127 e. The van der Waals surface area contributed by atoms with Crippen molar-refractivity contribution in [3.05, 3.63) is 59.4 Å². The zero-order valence-electron chi connectivity index (χ0n) is 17.8. The molecule has 1 saturated heterocycles. The van der Waals surface area contributed by atoms with Crippen molar-refractivity contribution in [1.29, 1.82) is 0 Å². The number of aryl methyl sites for hydroxylation is 1. The van der Waals surface area contributed by atoms with Crippen LogP contribution in [0.25, 0.3) is 11.1 Å². The first kappa shape index (κ1) is 20.1. The van der Waals surface area contributed by atoms with Gasteiger partial charge in [-0.3, -0.25) is 4.90 Å². The fourth-order valence-electron chi connectivity index (χ4n) is 4.78. The summed E-state index contributed by atoms with van der Waals surface area (Å²) in [5.74, 6) is 0.193. The van der Waals surface area contributed by atoms with Crippen LogP contribution in [0.4, 0.5) is 4.39 Å². The van der Waals surface area contributed by atoms with Gasteiger partial charge in [0.05, 0.1) is 0 Å². The maximum Gasteiger partial charge on any atom is 0.127 e. The van der Waals surface area contributed by atoms with Gasteiger partial charge >= 0.3 is 0 Å². The van der Waals surface area contributed by atoms with E-state index in [9.17, 15) is 0 Å². The third-order valence-electron chi connectivity index (χ3n) is 6.57. The fraction of sp³-hybridized carbons (Fsp3) is 0.520. The van der Waals surface area contributed by atoms with Gasteiger partial charge in [0.25, 0.3) is 0 Å². The average molecular weight is 368 g/mol. The van der Waals surface area contributed by atoms with E-state index in [0.29, 0.717) is 0 Å². The van der Waals surface area contributed by atoms with E-state index in [1.54, 1.807) is 6.07 Å². The molecule has 146 valence electrons. The zero-order valence-corrected chi connectivity index (χ0v) is 17.8. The van der Waals surface area contributed by atoms with Gasteiger partial charge in [-0.25, -0.2) is 4.39 Å². The van der Waals surface area contributed by atoms with Gasteiger partial charge < -0.3 is 0 Å². The Hall–Kier alpha value is -1.67. The Labute approximate surface area is 164 Å². The van der Waals surface area contributed by atoms with Crippen LogP contribution in [0.3, 0.4) is 0 Å². The first-order valence-corrected chi connectivity index (χ1v) is 10.3. The fourth-order valence-corrected chi connectivity index (χ4v) is 4.78. The Kier molecular flexibility index (Phi) is 5.49. The van der Waals surface area contributed by atoms with Crippen LogP contribution in [0.1, 0.15) is 70.9 Å². The lowest BCUT2D eigenvalue weighted by atomic mass is 9.71. The van der Waals surface area contributed by atoms with Crippen molar-refractivity contribution in [3.63, 3.8) is 0 Å². The molecular formula is C25H34FN. The van der Waals surface area contributed by atoms with Crippen molar-refractivity contribution in [1.82, 2.24) is 4.90 Å². The van der Waals surface area contributed by atoms with E-state index in [1.807, 2.05) is 6.07 Å². The SMILES string of the molecule is CCCc1ccc(-c2ccc(C3CC(C)(C)N(C)C(C)(C)C3)c(F)c2)cc1. The first-order chi connectivity index (χ1) is 12.6. The minimum Gasteiger partial charge on any atom is -0.296 e. The van der Waals surface area contributed by atoms with E-state index in [2.05, 4.69) is 76.9 Å². The Bertz CT molecular complexity index is 770. The number of likely N-dealkylation sites (tertiary alicyclic amines) is 1. The highest BCUT2D eigenvalue weighted by Crippen LogP contribution is 2.45. The number of hydrogen-bond acceptors (Lipinski definition) is 1. The number of nitrogens with zero attached hydrogens (tertiary/aromatic N) is 1. The van der Waals surface area contributed by atoms with Gasteiger partial charge in [0.2, 0.25) is 0 Å². The average Bonchev–Trinajstić information content (AvgIpc) is 2.60. The summed E-state index contributed by atoms with van der Waals surface area (Å²) >= 11 is 0. The molecule has 2 aromatic rings. The second kappa shape index (κ2) is 7.39. The van der Waals surface area contributed by atoms with Crippen molar-refractivity contribution in [2.24, 2.45) is 0 Å². The lowest BCUT2D eigenvalue weighted by Crippen LogP contribution is -2.58. The molecule has 0 amide bonds. The Morgan fingerprint density at radius 1 is 0.926 bits per heavy atom. The summed E-state index contributed by atoms with van der Waals surface area (Å²) in [7, 11) is 2.19. The van der Waals surface area contributed by atoms with Crippen LogP contribution in [-0.2, 0) is 6.42 Å². The molecule has 1 aliphatic heterocycles. The lowest BCUT2D eigenvalue weighted by molar-refractivity contribution is -0.0133. The van der Waals surface area contributed by atoms with Gasteiger partial charge in [-0.05, 0) is 88.2 Å². The maximum atomic E-state index is 15.1. The van der Waals surface area contributed by atoms with Crippen LogP contribution in [-0.4, -0.2) is 23.0 Å². The van der Waals surface area contributed by atoms with Gasteiger partial charge in [-0.2, -0.15) is 0 Å². The summed E-state index contributed by atoms with van der Waals surface area (Å²) in [6, 6.07) is 14.4. The molecule has 0 aliphatic carbocycles. The molecule has 0 aromatic heterocycles. The highest BCUT2D eigenvalue weighted by molar-refractivity contribution is 5.64. The molecule has 1 fully saturated rings. The summed E-state index contributed by atoms with van der Waals surface area (Å²) in [5.41, 5.74) is 4.39. The number of benzene rings is 2. The van der Waals surface area contributed by atoms with Crippen molar-refractivity contribution in [2.75, 3.05) is 7.05 Å². The van der Waals surface area contributed by atoms with Gasteiger partial charge in [-0.15, -0.1) is 0 Å². The molecule has 3 rings (SSSR count). The molecule has 0 saturated carbocycles. The van der Waals surface area contributed by atoms with Gasteiger partial charge in [0, 0.05) is 11.1 Å². The number of piperidine rings is 1. The van der Waals surface area contributed by atoms with Crippen LogP contribution in [0, 0.1) is 5.82 Å². The number of hydrogen-bond donors (Lipinski definition) is 0. The largest absolute Gasteiger partial charge is 0.296 e. The van der Waals surface area contributed by atoms with E-state index < -0.39 is 0 Å². The summed E-state index contributed by atoms with van der Waals surface area (Å²) < 4.78 is 15.1. The molecule has 27 heavy (non-hydrogen) atoms. The molecule has 0 N–H and O–H groups in total. The maximum absolute atomic E-state index is 15.1. The van der Waals surface area contributed by atoms with Crippen molar-refractivity contribution in [3.8, 4) is 11.1 Å². The third kappa shape index (κ3) is 4.11. The summed E-state index contributed by atoms with van der Waals surface area (Å²) in [5, 5.41) is 0. The van der Waals surface area contributed by atoms with Crippen LogP contribution in [0.5, 0.6) is 0 Å². The molecule has 0 radical (unpaired) electrons. The Morgan fingerprint density at radius 3 is 2.00 bits per heavy atom. The first-order valence-electron chi connectivity index (χ1n) is 10.3. The molecule has 2 aromatic carbocycles.